The van der Waals surface area contributed by atoms with Crippen molar-refractivity contribution in [1.29, 1.82) is 0 Å². The van der Waals surface area contributed by atoms with Crippen LogP contribution < -0.4 is 0 Å². The first-order chi connectivity index (χ1) is 7.65. The topological polar surface area (TPSA) is 44.8 Å². The summed E-state index contributed by atoms with van der Waals surface area (Å²) in [5.74, 6) is 0.361. The van der Waals surface area contributed by atoms with Crippen molar-refractivity contribution in [2.45, 2.75) is 38.9 Å². The van der Waals surface area contributed by atoms with Gasteiger partial charge in [0.1, 0.15) is 0 Å². The molecule has 4 nitrogen and oxygen atoms in total. The Kier molecular flexibility index (Phi) is 3.50. The van der Waals surface area contributed by atoms with Crippen molar-refractivity contribution >= 4 is 5.97 Å². The molecule has 1 aliphatic carbocycles. The molecule has 0 aromatic carbocycles. The van der Waals surface area contributed by atoms with E-state index < -0.39 is 0 Å². The van der Waals surface area contributed by atoms with E-state index in [1.54, 1.807) is 0 Å². The van der Waals surface area contributed by atoms with Gasteiger partial charge >= 0.3 is 5.97 Å². The first kappa shape index (κ1) is 11.9. The average molecular weight is 228 g/mol. The number of carbonyl (C=O) groups is 1. The van der Waals surface area contributed by atoms with Crippen LogP contribution in [0.3, 0.4) is 0 Å². The molecule has 2 rings (SSSR count). The number of hydrogen-bond donors (Lipinski definition) is 0. The molecule has 0 unspecified atom stereocenters. The maximum Gasteiger partial charge on any atom is 0.311 e. The molecule has 1 aliphatic heterocycles. The molecular weight excluding hydrogens is 208 g/mol. The number of ether oxygens (including phenoxy) is 3. The average Bonchev–Trinajstić information content (AvgIpc) is 2.82. The monoisotopic (exact) mass is 228 g/mol. The number of rotatable bonds is 2. The maximum atomic E-state index is 11.6. The molecule has 4 heteroatoms. The van der Waals surface area contributed by atoms with Gasteiger partial charge in [-0.15, -0.1) is 0 Å². The highest BCUT2D eigenvalue weighted by atomic mass is 16.7. The first-order valence-electron chi connectivity index (χ1n) is 5.97. The Labute approximate surface area is 96.2 Å². The fraction of sp³-hybridized carbons (Fsp3) is 0.917. The van der Waals surface area contributed by atoms with E-state index in [2.05, 4.69) is 0 Å². The lowest BCUT2D eigenvalue weighted by Gasteiger charge is -2.36. The van der Waals surface area contributed by atoms with Gasteiger partial charge in [0.25, 0.3) is 0 Å². The van der Waals surface area contributed by atoms with Gasteiger partial charge in [-0.1, -0.05) is 0 Å². The van der Waals surface area contributed by atoms with Gasteiger partial charge in [0, 0.05) is 5.92 Å². The summed E-state index contributed by atoms with van der Waals surface area (Å²) in [5, 5.41) is 0. The molecule has 0 N–H and O–H groups in total. The summed E-state index contributed by atoms with van der Waals surface area (Å²) in [7, 11) is 1.46. The van der Waals surface area contributed by atoms with Crippen LogP contribution in [0.15, 0.2) is 0 Å². The molecular formula is C12H20O4. The van der Waals surface area contributed by atoms with Crippen LogP contribution >= 0.6 is 0 Å². The van der Waals surface area contributed by atoms with Gasteiger partial charge in [-0.3, -0.25) is 4.79 Å². The zero-order chi connectivity index (χ0) is 11.6. The van der Waals surface area contributed by atoms with Crippen molar-refractivity contribution in [3.8, 4) is 0 Å². The number of esters is 1. The quantitative estimate of drug-likeness (QED) is 0.675. The van der Waals surface area contributed by atoms with E-state index in [9.17, 15) is 4.79 Å². The third kappa shape index (κ3) is 2.23. The van der Waals surface area contributed by atoms with E-state index in [1.165, 1.54) is 7.11 Å². The minimum Gasteiger partial charge on any atom is -0.469 e. The molecule has 16 heavy (non-hydrogen) atoms. The van der Waals surface area contributed by atoms with E-state index in [0.717, 1.165) is 25.7 Å². The Bertz CT molecular complexity index is 250. The lowest BCUT2D eigenvalue weighted by molar-refractivity contribution is -0.157. The Morgan fingerprint density at radius 1 is 1.25 bits per heavy atom. The van der Waals surface area contributed by atoms with Gasteiger partial charge in [-0.05, 0) is 32.6 Å². The largest absolute Gasteiger partial charge is 0.469 e. The molecule has 0 amide bonds. The van der Waals surface area contributed by atoms with E-state index in [1.807, 2.05) is 6.92 Å². The van der Waals surface area contributed by atoms with Crippen molar-refractivity contribution in [2.24, 2.45) is 11.3 Å². The van der Waals surface area contributed by atoms with Crippen molar-refractivity contribution in [1.82, 2.24) is 0 Å². The zero-order valence-corrected chi connectivity index (χ0v) is 10.0. The predicted octanol–water partition coefficient (Wildman–Crippen LogP) is 1.73. The van der Waals surface area contributed by atoms with Gasteiger partial charge in [-0.25, -0.2) is 0 Å². The van der Waals surface area contributed by atoms with Crippen LogP contribution in [-0.4, -0.2) is 32.6 Å². The molecule has 2 aliphatic rings. The van der Waals surface area contributed by atoms with Crippen LogP contribution in [0, 0.1) is 11.3 Å². The smallest absolute Gasteiger partial charge is 0.311 e. The Morgan fingerprint density at radius 2 is 1.81 bits per heavy atom. The highest BCUT2D eigenvalue weighted by molar-refractivity contribution is 5.76. The minimum absolute atomic E-state index is 0.0396. The van der Waals surface area contributed by atoms with E-state index in [-0.39, 0.29) is 17.7 Å². The number of methoxy groups -OCH3 is 1. The van der Waals surface area contributed by atoms with Crippen molar-refractivity contribution in [3.05, 3.63) is 0 Å². The molecule has 1 saturated heterocycles. The van der Waals surface area contributed by atoms with Crippen LogP contribution in [0.4, 0.5) is 0 Å². The summed E-state index contributed by atoms with van der Waals surface area (Å²) in [6, 6.07) is 0. The first-order valence-corrected chi connectivity index (χ1v) is 5.97. The van der Waals surface area contributed by atoms with Crippen molar-refractivity contribution < 1.29 is 19.0 Å². The zero-order valence-electron chi connectivity index (χ0n) is 10.0. The van der Waals surface area contributed by atoms with Crippen molar-refractivity contribution in [2.75, 3.05) is 20.3 Å². The van der Waals surface area contributed by atoms with Crippen LogP contribution in [0.5, 0.6) is 0 Å². The lowest BCUT2D eigenvalue weighted by Crippen LogP contribution is -2.36. The molecule has 0 aromatic rings. The van der Waals surface area contributed by atoms with Crippen LogP contribution in [0.2, 0.25) is 0 Å². The van der Waals surface area contributed by atoms with E-state index in [4.69, 9.17) is 14.2 Å². The normalized spacial score (nSPS) is 36.2. The SMILES string of the molecule is COC(=O)C1(C)CCC(C2OCCO2)CC1. The molecule has 92 valence electrons. The third-order valence-corrected chi connectivity index (χ3v) is 3.84. The summed E-state index contributed by atoms with van der Waals surface area (Å²) >= 11 is 0. The molecule has 0 aromatic heterocycles. The number of carbonyl (C=O) groups excluding carboxylic acids is 1. The van der Waals surface area contributed by atoms with Gasteiger partial charge < -0.3 is 14.2 Å². The Hall–Kier alpha value is -0.610. The van der Waals surface area contributed by atoms with E-state index in [0.29, 0.717) is 19.1 Å². The standard InChI is InChI=1S/C12H20O4/c1-12(11(13)14-2)5-3-9(4-6-12)10-15-7-8-16-10/h9-10H,3-8H2,1-2H3. The van der Waals surface area contributed by atoms with Gasteiger partial charge in [0.2, 0.25) is 0 Å². The predicted molar refractivity (Wildman–Crippen MR) is 57.8 cm³/mol. The van der Waals surface area contributed by atoms with Crippen LogP contribution in [0.25, 0.3) is 0 Å². The molecule has 2 fully saturated rings. The highest BCUT2D eigenvalue weighted by Gasteiger charge is 2.41. The van der Waals surface area contributed by atoms with Crippen LogP contribution in [0.1, 0.15) is 32.6 Å². The highest BCUT2D eigenvalue weighted by Crippen LogP contribution is 2.41. The fourth-order valence-corrected chi connectivity index (χ4v) is 2.65. The summed E-state index contributed by atoms with van der Waals surface area (Å²) < 4.78 is 15.9. The molecule has 0 spiro atoms. The molecule has 1 saturated carbocycles. The maximum absolute atomic E-state index is 11.6. The fourth-order valence-electron chi connectivity index (χ4n) is 2.65. The second-order valence-electron chi connectivity index (χ2n) is 5.00. The second-order valence-corrected chi connectivity index (χ2v) is 5.00. The van der Waals surface area contributed by atoms with Crippen molar-refractivity contribution in [3.63, 3.8) is 0 Å². The summed E-state index contributed by atoms with van der Waals surface area (Å²) in [6.07, 6.45) is 3.66. The summed E-state index contributed by atoms with van der Waals surface area (Å²) in [5.41, 5.74) is -0.302. The van der Waals surface area contributed by atoms with Gasteiger partial charge in [-0.2, -0.15) is 0 Å². The molecule has 0 atom stereocenters. The summed E-state index contributed by atoms with van der Waals surface area (Å²) in [6.45, 7) is 3.40. The third-order valence-electron chi connectivity index (χ3n) is 3.84. The minimum atomic E-state index is -0.302. The van der Waals surface area contributed by atoms with Gasteiger partial charge in [0.05, 0.1) is 25.7 Å². The molecule has 1 heterocycles. The second kappa shape index (κ2) is 4.72. The van der Waals surface area contributed by atoms with Crippen LogP contribution in [-0.2, 0) is 19.0 Å². The summed E-state index contributed by atoms with van der Waals surface area (Å²) in [4.78, 5) is 11.6. The Balaban J connectivity index is 1.88. The molecule has 0 bridgehead atoms. The molecule has 0 radical (unpaired) electrons. The Morgan fingerprint density at radius 3 is 2.31 bits per heavy atom. The lowest BCUT2D eigenvalue weighted by atomic mass is 9.71. The van der Waals surface area contributed by atoms with Gasteiger partial charge in [0.15, 0.2) is 6.29 Å². The number of hydrogen-bond acceptors (Lipinski definition) is 4. The van der Waals surface area contributed by atoms with E-state index >= 15 is 0 Å².